The van der Waals surface area contributed by atoms with Crippen molar-refractivity contribution in [3.8, 4) is 11.1 Å². The topological polar surface area (TPSA) is 72.4 Å². The minimum Gasteiger partial charge on any atom is -0.350 e. The summed E-state index contributed by atoms with van der Waals surface area (Å²) in [7, 11) is 0. The van der Waals surface area contributed by atoms with Crippen LogP contribution in [0.1, 0.15) is 44.2 Å². The maximum Gasteiger partial charge on any atom is 0.241 e. The molecule has 7 heteroatoms. The van der Waals surface area contributed by atoms with Gasteiger partial charge in [-0.3, -0.25) is 4.40 Å². The van der Waals surface area contributed by atoms with E-state index in [-0.39, 0.29) is 0 Å². The van der Waals surface area contributed by atoms with Crippen LogP contribution in [0.25, 0.3) is 22.4 Å². The first kappa shape index (κ1) is 16.0. The first-order chi connectivity index (χ1) is 13.7. The Morgan fingerprint density at radius 2 is 1.96 bits per heavy atom. The van der Waals surface area contributed by atoms with Gasteiger partial charge in [0.25, 0.3) is 0 Å². The van der Waals surface area contributed by atoms with Crippen molar-refractivity contribution in [3.63, 3.8) is 0 Å². The molecule has 2 aliphatic carbocycles. The number of nitrogens with zero attached hydrogens (tertiary/aromatic N) is 6. The fourth-order valence-corrected chi connectivity index (χ4v) is 4.69. The van der Waals surface area contributed by atoms with E-state index < -0.39 is 0 Å². The van der Waals surface area contributed by atoms with Crippen molar-refractivity contribution in [1.29, 1.82) is 0 Å². The Morgan fingerprint density at radius 1 is 1.11 bits per heavy atom. The van der Waals surface area contributed by atoms with Gasteiger partial charge < -0.3 is 5.32 Å². The predicted octanol–water partition coefficient (Wildman–Crippen LogP) is 3.88. The predicted molar refractivity (Wildman–Crippen MR) is 107 cm³/mol. The van der Waals surface area contributed by atoms with E-state index in [4.69, 9.17) is 10.1 Å². The summed E-state index contributed by atoms with van der Waals surface area (Å²) in [4.78, 5) is 13.4. The SMILES string of the molecule is Cc1nc(NC2CCC3(CC2)CC3)nn2ccc(-c3cnc4nccn4c3)c12. The molecule has 0 atom stereocenters. The molecule has 1 spiro atoms. The lowest BCUT2D eigenvalue weighted by atomic mass is 9.83. The summed E-state index contributed by atoms with van der Waals surface area (Å²) in [5, 5.41) is 8.32. The normalized spacial score (nSPS) is 18.9. The summed E-state index contributed by atoms with van der Waals surface area (Å²) in [6.45, 7) is 2.05. The molecular weight excluding hydrogens is 350 g/mol. The Hall–Kier alpha value is -2.96. The number of imidazole rings is 1. The van der Waals surface area contributed by atoms with Gasteiger partial charge in [0.15, 0.2) is 0 Å². The minimum atomic E-state index is 0.492. The van der Waals surface area contributed by atoms with Crippen molar-refractivity contribution in [2.45, 2.75) is 51.5 Å². The van der Waals surface area contributed by atoms with Crippen molar-refractivity contribution < 1.29 is 0 Å². The molecule has 1 N–H and O–H groups in total. The highest BCUT2D eigenvalue weighted by molar-refractivity contribution is 5.82. The van der Waals surface area contributed by atoms with Gasteiger partial charge in [-0.15, -0.1) is 5.10 Å². The number of anilines is 1. The van der Waals surface area contributed by atoms with Gasteiger partial charge in [0.1, 0.15) is 0 Å². The molecule has 6 rings (SSSR count). The summed E-state index contributed by atoms with van der Waals surface area (Å²) >= 11 is 0. The van der Waals surface area contributed by atoms with E-state index in [1.54, 1.807) is 6.20 Å². The highest BCUT2D eigenvalue weighted by atomic mass is 15.3. The summed E-state index contributed by atoms with van der Waals surface area (Å²) in [5.74, 6) is 1.43. The van der Waals surface area contributed by atoms with E-state index in [0.717, 1.165) is 28.3 Å². The zero-order valence-corrected chi connectivity index (χ0v) is 16.0. The molecule has 28 heavy (non-hydrogen) atoms. The Balaban J connectivity index is 1.31. The van der Waals surface area contributed by atoms with Crippen LogP contribution >= 0.6 is 0 Å². The number of nitrogens with one attached hydrogen (secondary N) is 1. The lowest BCUT2D eigenvalue weighted by Gasteiger charge is -2.29. The van der Waals surface area contributed by atoms with Crippen LogP contribution in [-0.4, -0.2) is 35.0 Å². The maximum atomic E-state index is 4.78. The molecule has 0 aliphatic heterocycles. The molecule has 0 saturated heterocycles. The van der Waals surface area contributed by atoms with Crippen LogP contribution in [-0.2, 0) is 0 Å². The molecule has 0 radical (unpaired) electrons. The summed E-state index contributed by atoms with van der Waals surface area (Å²) in [5.41, 5.74) is 4.81. The van der Waals surface area contributed by atoms with Gasteiger partial charge in [-0.1, -0.05) is 0 Å². The van der Waals surface area contributed by atoms with Gasteiger partial charge in [-0.05, 0) is 56.9 Å². The first-order valence-electron chi connectivity index (χ1n) is 10.1. The van der Waals surface area contributed by atoms with Crippen LogP contribution in [0.2, 0.25) is 0 Å². The van der Waals surface area contributed by atoms with Crippen molar-refractivity contribution in [2.75, 3.05) is 5.32 Å². The molecule has 2 saturated carbocycles. The average Bonchev–Trinajstić information content (AvgIpc) is 3.11. The molecular formula is C21H23N7. The van der Waals surface area contributed by atoms with Crippen LogP contribution in [0.15, 0.2) is 37.1 Å². The van der Waals surface area contributed by atoms with Crippen molar-refractivity contribution in [1.82, 2.24) is 29.0 Å². The van der Waals surface area contributed by atoms with E-state index >= 15 is 0 Å². The molecule has 0 aromatic carbocycles. The van der Waals surface area contributed by atoms with Gasteiger partial charge in [0, 0.05) is 48.2 Å². The Labute approximate surface area is 162 Å². The van der Waals surface area contributed by atoms with E-state index in [0.29, 0.717) is 17.2 Å². The number of fused-ring (bicyclic) bond motifs is 2. The number of aromatic nitrogens is 6. The smallest absolute Gasteiger partial charge is 0.241 e. The first-order valence-corrected chi connectivity index (χ1v) is 10.1. The van der Waals surface area contributed by atoms with Crippen LogP contribution in [0.4, 0.5) is 5.95 Å². The summed E-state index contributed by atoms with van der Waals surface area (Å²) < 4.78 is 3.87. The lowest BCUT2D eigenvalue weighted by Crippen LogP contribution is -2.28. The Bertz CT molecular complexity index is 1170. The molecule has 0 unspecified atom stereocenters. The maximum absolute atomic E-state index is 4.78. The zero-order chi connectivity index (χ0) is 18.7. The third kappa shape index (κ3) is 2.57. The van der Waals surface area contributed by atoms with Crippen LogP contribution in [0, 0.1) is 12.3 Å². The fraction of sp³-hybridized carbons (Fsp3) is 0.429. The molecule has 0 amide bonds. The number of aryl methyl sites for hydroxylation is 1. The Kier molecular flexibility index (Phi) is 3.30. The second-order valence-corrected chi connectivity index (χ2v) is 8.44. The summed E-state index contributed by atoms with van der Waals surface area (Å²) in [6.07, 6.45) is 17.6. The molecule has 4 aromatic heterocycles. The average molecular weight is 373 g/mol. The van der Waals surface area contributed by atoms with Gasteiger partial charge in [0.2, 0.25) is 11.7 Å². The molecule has 0 bridgehead atoms. The van der Waals surface area contributed by atoms with E-state index in [2.05, 4.69) is 28.3 Å². The zero-order valence-electron chi connectivity index (χ0n) is 16.0. The molecule has 2 aliphatic rings. The van der Waals surface area contributed by atoms with Crippen molar-refractivity contribution >= 4 is 17.2 Å². The number of hydrogen-bond acceptors (Lipinski definition) is 5. The minimum absolute atomic E-state index is 0.492. The molecule has 142 valence electrons. The van der Waals surface area contributed by atoms with Crippen LogP contribution in [0.5, 0.6) is 0 Å². The largest absolute Gasteiger partial charge is 0.350 e. The highest BCUT2D eigenvalue weighted by Gasteiger charge is 2.44. The number of rotatable bonds is 3. The highest BCUT2D eigenvalue weighted by Crippen LogP contribution is 2.56. The molecule has 4 heterocycles. The van der Waals surface area contributed by atoms with E-state index in [1.807, 2.05) is 33.7 Å². The Morgan fingerprint density at radius 3 is 2.79 bits per heavy atom. The van der Waals surface area contributed by atoms with E-state index in [1.165, 1.54) is 38.5 Å². The quantitative estimate of drug-likeness (QED) is 0.590. The van der Waals surface area contributed by atoms with Crippen LogP contribution < -0.4 is 5.32 Å². The molecule has 7 nitrogen and oxygen atoms in total. The molecule has 4 aromatic rings. The second-order valence-electron chi connectivity index (χ2n) is 8.44. The fourth-order valence-electron chi connectivity index (χ4n) is 4.69. The monoisotopic (exact) mass is 373 g/mol. The molecule has 2 fully saturated rings. The van der Waals surface area contributed by atoms with E-state index in [9.17, 15) is 0 Å². The van der Waals surface area contributed by atoms with Crippen molar-refractivity contribution in [2.24, 2.45) is 5.41 Å². The van der Waals surface area contributed by atoms with Gasteiger partial charge in [-0.25, -0.2) is 19.5 Å². The summed E-state index contributed by atoms with van der Waals surface area (Å²) in [6, 6.07) is 2.57. The second kappa shape index (κ2) is 5.77. The van der Waals surface area contributed by atoms with Crippen LogP contribution in [0.3, 0.4) is 0 Å². The third-order valence-electron chi connectivity index (χ3n) is 6.58. The number of hydrogen-bond donors (Lipinski definition) is 1. The van der Waals surface area contributed by atoms with Crippen molar-refractivity contribution in [3.05, 3.63) is 42.7 Å². The standard InChI is InChI=1S/C21H23N7/c1-14-18-17(15-12-23-20-22-9-11-27(20)13-15)4-10-28(18)26-19(24-14)25-16-2-5-21(6-3-16)7-8-21/h4,9-13,16H,2-3,5-8H2,1H3,(H,25,26). The third-order valence-corrected chi connectivity index (χ3v) is 6.58. The van der Waals surface area contributed by atoms with Gasteiger partial charge in [-0.2, -0.15) is 0 Å². The van der Waals surface area contributed by atoms with Gasteiger partial charge in [0.05, 0.1) is 11.2 Å². The lowest BCUT2D eigenvalue weighted by molar-refractivity contribution is 0.316. The van der Waals surface area contributed by atoms with Gasteiger partial charge >= 0.3 is 0 Å².